The number of anilines is 1. The molecular formula is C18H33N3. The van der Waals surface area contributed by atoms with E-state index in [1.807, 2.05) is 6.20 Å². The lowest BCUT2D eigenvalue weighted by atomic mass is 10.1. The molecular weight excluding hydrogens is 258 g/mol. The van der Waals surface area contributed by atoms with Crippen LogP contribution >= 0.6 is 0 Å². The Morgan fingerprint density at radius 2 is 1.95 bits per heavy atom. The zero-order valence-corrected chi connectivity index (χ0v) is 14.5. The van der Waals surface area contributed by atoms with Gasteiger partial charge in [0.2, 0.25) is 0 Å². The fourth-order valence-electron chi connectivity index (χ4n) is 2.45. The maximum absolute atomic E-state index is 4.62. The largest absolute Gasteiger partial charge is 0.354 e. The highest BCUT2D eigenvalue weighted by molar-refractivity contribution is 5.42. The van der Waals surface area contributed by atoms with Gasteiger partial charge in [-0.2, -0.15) is 0 Å². The van der Waals surface area contributed by atoms with Crippen molar-refractivity contribution in [2.45, 2.75) is 72.4 Å². The highest BCUT2D eigenvalue weighted by Gasteiger charge is 2.15. The van der Waals surface area contributed by atoms with Gasteiger partial charge in [-0.05, 0) is 57.4 Å². The molecule has 21 heavy (non-hydrogen) atoms. The Kier molecular flexibility index (Phi) is 8.36. The van der Waals surface area contributed by atoms with E-state index in [4.69, 9.17) is 0 Å². The van der Waals surface area contributed by atoms with E-state index in [0.29, 0.717) is 12.1 Å². The van der Waals surface area contributed by atoms with Crippen LogP contribution in [0.2, 0.25) is 0 Å². The van der Waals surface area contributed by atoms with Gasteiger partial charge in [0.25, 0.3) is 0 Å². The lowest BCUT2D eigenvalue weighted by Gasteiger charge is -2.30. The molecule has 0 radical (unpaired) electrons. The summed E-state index contributed by atoms with van der Waals surface area (Å²) in [7, 11) is 0. The van der Waals surface area contributed by atoms with Crippen LogP contribution in [0, 0.1) is 0 Å². The van der Waals surface area contributed by atoms with Crippen molar-refractivity contribution in [1.29, 1.82) is 0 Å². The highest BCUT2D eigenvalue weighted by atomic mass is 15.2. The summed E-state index contributed by atoms with van der Waals surface area (Å²) in [5.74, 6) is 1.13. The van der Waals surface area contributed by atoms with Crippen LogP contribution in [0.3, 0.4) is 0 Å². The Balaban J connectivity index is 2.87. The van der Waals surface area contributed by atoms with Crippen molar-refractivity contribution in [3.63, 3.8) is 0 Å². The quantitative estimate of drug-likeness (QED) is 0.685. The molecule has 1 heterocycles. The minimum Gasteiger partial charge on any atom is -0.354 e. The zero-order chi connectivity index (χ0) is 15.7. The first-order valence-electron chi connectivity index (χ1n) is 8.59. The number of unbranched alkanes of at least 4 members (excludes halogenated alkanes) is 1. The molecule has 1 rings (SSSR count). The molecule has 0 saturated heterocycles. The fraction of sp³-hybridized carbons (Fsp3) is 0.722. The molecule has 2 atom stereocenters. The fourth-order valence-corrected chi connectivity index (χ4v) is 2.45. The van der Waals surface area contributed by atoms with Crippen LogP contribution in [-0.4, -0.2) is 24.1 Å². The van der Waals surface area contributed by atoms with Crippen LogP contribution in [0.25, 0.3) is 0 Å². The maximum Gasteiger partial charge on any atom is 0.129 e. The zero-order valence-electron chi connectivity index (χ0n) is 14.5. The Labute approximate surface area is 131 Å². The summed E-state index contributed by atoms with van der Waals surface area (Å²) in [6, 6.07) is 5.32. The number of nitrogens with zero attached hydrogens (tertiary/aromatic N) is 2. The molecule has 3 nitrogen and oxygen atoms in total. The summed E-state index contributed by atoms with van der Waals surface area (Å²) in [5, 5.41) is 3.55. The van der Waals surface area contributed by atoms with E-state index in [-0.39, 0.29) is 0 Å². The molecule has 0 aromatic carbocycles. The third-order valence-electron chi connectivity index (χ3n) is 4.14. The van der Waals surface area contributed by atoms with E-state index in [0.717, 1.165) is 31.7 Å². The summed E-state index contributed by atoms with van der Waals surface area (Å²) in [6.07, 6.45) is 6.72. The molecule has 0 aliphatic rings. The third kappa shape index (κ3) is 5.66. The number of hydrogen-bond donors (Lipinski definition) is 1. The molecule has 0 fully saturated rings. The SMILES string of the molecule is CCCCN(c1cc(C(C)NCCC)ccn1)C(C)CC. The number of hydrogen-bond acceptors (Lipinski definition) is 3. The molecule has 0 aliphatic carbocycles. The molecule has 0 spiro atoms. The van der Waals surface area contributed by atoms with Gasteiger partial charge >= 0.3 is 0 Å². The number of aromatic nitrogens is 1. The Bertz CT molecular complexity index is 392. The van der Waals surface area contributed by atoms with Crippen LogP contribution in [0.1, 0.15) is 71.9 Å². The Morgan fingerprint density at radius 1 is 1.19 bits per heavy atom. The smallest absolute Gasteiger partial charge is 0.129 e. The second-order valence-electron chi connectivity index (χ2n) is 5.93. The van der Waals surface area contributed by atoms with E-state index in [2.05, 4.69) is 62.0 Å². The van der Waals surface area contributed by atoms with Gasteiger partial charge in [-0.1, -0.05) is 27.2 Å². The molecule has 0 bridgehead atoms. The summed E-state index contributed by atoms with van der Waals surface area (Å²) in [5.41, 5.74) is 1.33. The van der Waals surface area contributed by atoms with Crippen LogP contribution in [0.15, 0.2) is 18.3 Å². The van der Waals surface area contributed by atoms with Crippen LogP contribution in [0.4, 0.5) is 5.82 Å². The lowest BCUT2D eigenvalue weighted by molar-refractivity contribution is 0.566. The molecule has 1 aromatic heterocycles. The van der Waals surface area contributed by atoms with Crippen molar-refractivity contribution in [1.82, 2.24) is 10.3 Å². The summed E-state index contributed by atoms with van der Waals surface area (Å²) in [4.78, 5) is 7.08. The van der Waals surface area contributed by atoms with Gasteiger partial charge < -0.3 is 10.2 Å². The van der Waals surface area contributed by atoms with E-state index >= 15 is 0 Å². The van der Waals surface area contributed by atoms with E-state index in [9.17, 15) is 0 Å². The van der Waals surface area contributed by atoms with E-state index in [1.54, 1.807) is 0 Å². The van der Waals surface area contributed by atoms with Gasteiger partial charge in [0.15, 0.2) is 0 Å². The molecule has 1 N–H and O–H groups in total. The summed E-state index contributed by atoms with van der Waals surface area (Å²) >= 11 is 0. The minimum absolute atomic E-state index is 0.386. The predicted molar refractivity (Wildman–Crippen MR) is 93.0 cm³/mol. The lowest BCUT2D eigenvalue weighted by Crippen LogP contribution is -2.34. The molecule has 120 valence electrons. The number of nitrogens with one attached hydrogen (secondary N) is 1. The first-order chi connectivity index (χ1) is 10.1. The average Bonchev–Trinajstić information content (AvgIpc) is 2.52. The molecule has 2 unspecified atom stereocenters. The summed E-state index contributed by atoms with van der Waals surface area (Å²) < 4.78 is 0. The standard InChI is InChI=1S/C18H33N3/c1-6-9-13-21(15(4)8-3)18-14-17(10-12-20-18)16(5)19-11-7-2/h10,12,14-16,19H,6-9,11,13H2,1-5H3. The second kappa shape index (κ2) is 9.78. The minimum atomic E-state index is 0.386. The van der Waals surface area contributed by atoms with Crippen molar-refractivity contribution in [3.8, 4) is 0 Å². The van der Waals surface area contributed by atoms with Gasteiger partial charge in [-0.15, -0.1) is 0 Å². The topological polar surface area (TPSA) is 28.2 Å². The monoisotopic (exact) mass is 291 g/mol. The molecule has 0 amide bonds. The van der Waals surface area contributed by atoms with E-state index in [1.165, 1.54) is 18.4 Å². The first kappa shape index (κ1) is 18.0. The summed E-state index contributed by atoms with van der Waals surface area (Å²) in [6.45, 7) is 13.4. The van der Waals surface area contributed by atoms with Crippen molar-refractivity contribution < 1.29 is 0 Å². The number of rotatable bonds is 10. The predicted octanol–water partition coefficient (Wildman–Crippen LogP) is 4.55. The van der Waals surface area contributed by atoms with Gasteiger partial charge in [0.05, 0.1) is 0 Å². The van der Waals surface area contributed by atoms with Crippen LogP contribution in [-0.2, 0) is 0 Å². The van der Waals surface area contributed by atoms with Crippen molar-refractivity contribution in [2.75, 3.05) is 18.0 Å². The van der Waals surface area contributed by atoms with E-state index < -0.39 is 0 Å². The molecule has 3 heteroatoms. The van der Waals surface area contributed by atoms with Crippen LogP contribution < -0.4 is 10.2 Å². The van der Waals surface area contributed by atoms with Gasteiger partial charge in [-0.3, -0.25) is 0 Å². The third-order valence-corrected chi connectivity index (χ3v) is 4.14. The van der Waals surface area contributed by atoms with Crippen molar-refractivity contribution in [3.05, 3.63) is 23.9 Å². The highest BCUT2D eigenvalue weighted by Crippen LogP contribution is 2.21. The van der Waals surface area contributed by atoms with Crippen LogP contribution in [0.5, 0.6) is 0 Å². The first-order valence-corrected chi connectivity index (χ1v) is 8.59. The van der Waals surface area contributed by atoms with Crippen molar-refractivity contribution in [2.24, 2.45) is 0 Å². The van der Waals surface area contributed by atoms with Crippen molar-refractivity contribution >= 4 is 5.82 Å². The Morgan fingerprint density at radius 3 is 2.57 bits per heavy atom. The molecule has 0 saturated carbocycles. The molecule has 0 aliphatic heterocycles. The molecule has 1 aromatic rings. The second-order valence-corrected chi connectivity index (χ2v) is 5.93. The number of pyridine rings is 1. The van der Waals surface area contributed by atoms with Gasteiger partial charge in [0, 0.05) is 24.8 Å². The normalized spacial score (nSPS) is 14.0. The maximum atomic E-state index is 4.62. The Hall–Kier alpha value is -1.09. The van der Waals surface area contributed by atoms with Gasteiger partial charge in [-0.25, -0.2) is 4.98 Å². The van der Waals surface area contributed by atoms with Gasteiger partial charge in [0.1, 0.15) is 5.82 Å². The average molecular weight is 291 g/mol.